The summed E-state index contributed by atoms with van der Waals surface area (Å²) in [7, 11) is -3.94. The normalized spacial score (nSPS) is 12.4. The lowest BCUT2D eigenvalue weighted by Gasteiger charge is -2.21. The highest BCUT2D eigenvalue weighted by Crippen LogP contribution is 2.24. The summed E-state index contributed by atoms with van der Waals surface area (Å²) in [5.41, 5.74) is 3.73. The Balaban J connectivity index is 1.42. The highest BCUT2D eigenvalue weighted by Gasteiger charge is 2.26. The Labute approximate surface area is 247 Å². The van der Waals surface area contributed by atoms with Crippen molar-refractivity contribution in [2.45, 2.75) is 31.0 Å². The molecule has 3 aromatic carbocycles. The molecule has 2 amide bonds. The van der Waals surface area contributed by atoms with Gasteiger partial charge >= 0.3 is 11.8 Å². The molecule has 0 fully saturated rings. The Kier molecular flexibility index (Phi) is 9.95. The van der Waals surface area contributed by atoms with Crippen molar-refractivity contribution in [3.05, 3.63) is 124 Å². The summed E-state index contributed by atoms with van der Waals surface area (Å²) in [5.74, 6) is -1.21. The van der Waals surface area contributed by atoms with Gasteiger partial charge in [0.05, 0.1) is 23.7 Å². The molecule has 0 radical (unpaired) electrons. The van der Waals surface area contributed by atoms with E-state index >= 15 is 0 Å². The SMILES string of the molecule is C[C@@H](NC(=O)C(=O)N/N=C/c1ccc(CN(Cc2ccc(Cl)cc2)S(=O)(=O)c2ccc(Cl)cc2)o1)c1ccccc1. The third-order valence-electron chi connectivity index (χ3n) is 5.95. The summed E-state index contributed by atoms with van der Waals surface area (Å²) < 4.78 is 34.0. The van der Waals surface area contributed by atoms with Crippen LogP contribution in [-0.4, -0.2) is 30.8 Å². The number of hydrazone groups is 1. The Bertz CT molecular complexity index is 1620. The van der Waals surface area contributed by atoms with E-state index in [9.17, 15) is 18.0 Å². The van der Waals surface area contributed by atoms with Crippen LogP contribution in [0.1, 0.15) is 35.6 Å². The molecule has 0 spiro atoms. The molecule has 0 aliphatic heterocycles. The maximum absolute atomic E-state index is 13.5. The van der Waals surface area contributed by atoms with Crippen LogP contribution in [0.4, 0.5) is 0 Å². The number of benzene rings is 3. The van der Waals surface area contributed by atoms with Gasteiger partial charge in [0, 0.05) is 16.6 Å². The van der Waals surface area contributed by atoms with Crippen molar-refractivity contribution >= 4 is 51.3 Å². The molecule has 0 bridgehead atoms. The van der Waals surface area contributed by atoms with Gasteiger partial charge in [-0.25, -0.2) is 13.8 Å². The molecule has 0 saturated carbocycles. The van der Waals surface area contributed by atoms with Gasteiger partial charge in [-0.2, -0.15) is 9.41 Å². The molecule has 0 saturated heterocycles. The van der Waals surface area contributed by atoms with E-state index in [2.05, 4.69) is 15.8 Å². The summed E-state index contributed by atoms with van der Waals surface area (Å²) in [4.78, 5) is 24.4. The van der Waals surface area contributed by atoms with Gasteiger partial charge in [0.25, 0.3) is 0 Å². The minimum Gasteiger partial charge on any atom is -0.459 e. The highest BCUT2D eigenvalue weighted by molar-refractivity contribution is 7.89. The number of carbonyl (C=O) groups is 2. The Morgan fingerprint density at radius 3 is 2.17 bits per heavy atom. The van der Waals surface area contributed by atoms with Crippen molar-refractivity contribution in [1.29, 1.82) is 0 Å². The molecule has 212 valence electrons. The smallest absolute Gasteiger partial charge is 0.329 e. The second kappa shape index (κ2) is 13.6. The van der Waals surface area contributed by atoms with Crippen molar-refractivity contribution in [3.8, 4) is 0 Å². The number of hydrogen-bond acceptors (Lipinski definition) is 6. The quantitative estimate of drug-likeness (QED) is 0.143. The molecule has 1 atom stereocenters. The van der Waals surface area contributed by atoms with Crippen molar-refractivity contribution in [1.82, 2.24) is 15.0 Å². The van der Waals surface area contributed by atoms with E-state index in [0.717, 1.165) is 11.1 Å². The molecule has 1 heterocycles. The van der Waals surface area contributed by atoms with Gasteiger partial charge in [0.1, 0.15) is 11.5 Å². The number of carbonyl (C=O) groups excluding carboxylic acids is 2. The van der Waals surface area contributed by atoms with Crippen LogP contribution in [0.3, 0.4) is 0 Å². The Morgan fingerprint density at radius 1 is 0.878 bits per heavy atom. The van der Waals surface area contributed by atoms with Crippen LogP contribution in [0.25, 0.3) is 0 Å². The lowest BCUT2D eigenvalue weighted by atomic mass is 10.1. The van der Waals surface area contributed by atoms with Crippen LogP contribution in [0.2, 0.25) is 10.0 Å². The van der Waals surface area contributed by atoms with Gasteiger partial charge in [-0.1, -0.05) is 65.7 Å². The third-order valence-corrected chi connectivity index (χ3v) is 8.26. The van der Waals surface area contributed by atoms with E-state index in [-0.39, 0.29) is 29.8 Å². The molecule has 1 aromatic heterocycles. The Morgan fingerprint density at radius 2 is 1.51 bits per heavy atom. The fourth-order valence-corrected chi connectivity index (χ4v) is 5.44. The zero-order chi connectivity index (χ0) is 29.4. The summed E-state index contributed by atoms with van der Waals surface area (Å²) in [5, 5.41) is 7.33. The summed E-state index contributed by atoms with van der Waals surface area (Å²) in [6.45, 7) is 1.73. The summed E-state index contributed by atoms with van der Waals surface area (Å²) >= 11 is 11.9. The average Bonchev–Trinajstić information content (AvgIpc) is 3.41. The molecule has 2 N–H and O–H groups in total. The number of halogens is 2. The zero-order valence-electron chi connectivity index (χ0n) is 21.8. The number of nitrogens with one attached hydrogen (secondary N) is 2. The second-order valence-corrected chi connectivity index (χ2v) is 11.8. The molecule has 0 aliphatic carbocycles. The molecule has 9 nitrogen and oxygen atoms in total. The van der Waals surface area contributed by atoms with Crippen LogP contribution in [0, 0.1) is 0 Å². The summed E-state index contributed by atoms with van der Waals surface area (Å²) in [6.07, 6.45) is 1.21. The fourth-order valence-electron chi connectivity index (χ4n) is 3.79. The largest absolute Gasteiger partial charge is 0.459 e. The first kappa shape index (κ1) is 30.0. The molecule has 12 heteroatoms. The van der Waals surface area contributed by atoms with Crippen LogP contribution in [-0.2, 0) is 32.7 Å². The van der Waals surface area contributed by atoms with Crippen molar-refractivity contribution < 1.29 is 22.4 Å². The van der Waals surface area contributed by atoms with E-state index in [1.165, 1.54) is 34.8 Å². The molecule has 0 aliphatic rings. The number of nitrogens with zero attached hydrogens (tertiary/aromatic N) is 2. The van der Waals surface area contributed by atoms with Crippen LogP contribution in [0.15, 0.2) is 105 Å². The van der Waals surface area contributed by atoms with E-state index in [1.54, 1.807) is 43.3 Å². The first-order chi connectivity index (χ1) is 19.6. The van der Waals surface area contributed by atoms with E-state index in [0.29, 0.717) is 15.8 Å². The van der Waals surface area contributed by atoms with Gasteiger partial charge in [-0.3, -0.25) is 9.59 Å². The Hall–Kier alpha value is -3.96. The van der Waals surface area contributed by atoms with Gasteiger partial charge < -0.3 is 9.73 Å². The number of amides is 2. The van der Waals surface area contributed by atoms with E-state index in [4.69, 9.17) is 27.6 Å². The topological polar surface area (TPSA) is 121 Å². The lowest BCUT2D eigenvalue weighted by molar-refractivity contribution is -0.139. The number of rotatable bonds is 10. The molecular weight excluding hydrogens is 587 g/mol. The van der Waals surface area contributed by atoms with Crippen LogP contribution < -0.4 is 10.7 Å². The molecular formula is C29H26Cl2N4O5S. The molecule has 4 rings (SSSR count). The minimum atomic E-state index is -3.94. The highest BCUT2D eigenvalue weighted by atomic mass is 35.5. The first-order valence-electron chi connectivity index (χ1n) is 12.4. The monoisotopic (exact) mass is 612 g/mol. The molecule has 41 heavy (non-hydrogen) atoms. The predicted molar refractivity (Wildman–Crippen MR) is 157 cm³/mol. The standard InChI is InChI=1S/C29H26Cl2N4O5S/c1-20(22-5-3-2-4-6-22)33-28(36)29(37)34-32-17-25-13-14-26(40-25)19-35(18-21-7-9-23(30)10-8-21)41(38,39)27-15-11-24(31)12-16-27/h2-17,20H,18-19H2,1H3,(H,33,36)(H,34,37)/b32-17+/t20-/m1/s1. The zero-order valence-corrected chi connectivity index (χ0v) is 24.2. The van der Waals surface area contributed by atoms with Crippen LogP contribution >= 0.6 is 23.2 Å². The first-order valence-corrected chi connectivity index (χ1v) is 14.6. The third kappa shape index (κ3) is 8.27. The fraction of sp³-hybridized carbons (Fsp3) is 0.138. The lowest BCUT2D eigenvalue weighted by Crippen LogP contribution is -2.39. The minimum absolute atomic E-state index is 0.0544. The van der Waals surface area contributed by atoms with Gasteiger partial charge in [-0.15, -0.1) is 0 Å². The van der Waals surface area contributed by atoms with Crippen LogP contribution in [0.5, 0.6) is 0 Å². The van der Waals surface area contributed by atoms with Crippen molar-refractivity contribution in [2.75, 3.05) is 0 Å². The maximum Gasteiger partial charge on any atom is 0.329 e. The molecule has 0 unspecified atom stereocenters. The van der Waals surface area contributed by atoms with Crippen molar-refractivity contribution in [2.24, 2.45) is 5.10 Å². The van der Waals surface area contributed by atoms with E-state index in [1.807, 2.05) is 30.3 Å². The predicted octanol–water partition coefficient (Wildman–Crippen LogP) is 5.31. The van der Waals surface area contributed by atoms with Crippen molar-refractivity contribution in [3.63, 3.8) is 0 Å². The van der Waals surface area contributed by atoms with Gasteiger partial charge in [0.2, 0.25) is 10.0 Å². The second-order valence-electron chi connectivity index (χ2n) is 8.96. The number of sulfonamides is 1. The number of furan rings is 1. The number of hydrogen-bond donors (Lipinski definition) is 2. The average molecular weight is 614 g/mol. The molecule has 4 aromatic rings. The maximum atomic E-state index is 13.5. The van der Waals surface area contributed by atoms with Gasteiger partial charge in [-0.05, 0) is 66.6 Å². The van der Waals surface area contributed by atoms with Gasteiger partial charge in [0.15, 0.2) is 0 Å². The van der Waals surface area contributed by atoms with E-state index < -0.39 is 21.8 Å². The summed E-state index contributed by atoms with van der Waals surface area (Å²) in [6, 6.07) is 24.7.